The Balaban J connectivity index is 1.35. The van der Waals surface area contributed by atoms with E-state index in [9.17, 15) is 18.8 Å². The molecule has 0 bridgehead atoms. The predicted molar refractivity (Wildman–Crippen MR) is 117 cm³/mol. The number of halogens is 1. The fourth-order valence-electron chi connectivity index (χ4n) is 3.32. The van der Waals surface area contributed by atoms with Crippen molar-refractivity contribution >= 4 is 29.6 Å². The highest BCUT2D eigenvalue weighted by atomic mass is 32.2. The standard InChI is InChI=1S/C21H20FN7O3S/c1-21(11-10-14-6-3-2-4-7-14)18(31)29(19(32)23-21)25-17(30)13-33-20-24-26-27-28(20)16-9-5-8-15(22)12-16/h2-9,12H,10-11,13H2,1H3,(H,23,32)(H,25,30). The van der Waals surface area contributed by atoms with Crippen LogP contribution in [0.25, 0.3) is 5.69 Å². The summed E-state index contributed by atoms with van der Waals surface area (Å²) in [6.07, 6.45) is 0.967. The van der Waals surface area contributed by atoms with E-state index in [2.05, 4.69) is 26.3 Å². The van der Waals surface area contributed by atoms with Gasteiger partial charge in [-0.1, -0.05) is 48.2 Å². The molecule has 1 aliphatic rings. The van der Waals surface area contributed by atoms with Crippen molar-refractivity contribution in [2.75, 3.05) is 5.75 Å². The zero-order valence-corrected chi connectivity index (χ0v) is 18.4. The molecule has 33 heavy (non-hydrogen) atoms. The maximum absolute atomic E-state index is 13.5. The number of rotatable bonds is 8. The van der Waals surface area contributed by atoms with Crippen molar-refractivity contribution in [3.63, 3.8) is 0 Å². The number of aromatic nitrogens is 4. The van der Waals surface area contributed by atoms with Gasteiger partial charge in [-0.15, -0.1) is 5.10 Å². The molecule has 2 N–H and O–H groups in total. The van der Waals surface area contributed by atoms with Crippen molar-refractivity contribution in [1.82, 2.24) is 36.0 Å². The lowest BCUT2D eigenvalue weighted by atomic mass is 9.93. The summed E-state index contributed by atoms with van der Waals surface area (Å²) in [5.74, 6) is -1.76. The SMILES string of the molecule is CC1(CCc2ccccc2)NC(=O)N(NC(=O)CSc2nnnn2-c2cccc(F)c2)C1=O. The third-order valence-electron chi connectivity index (χ3n) is 5.08. The van der Waals surface area contributed by atoms with Crippen LogP contribution in [-0.2, 0) is 16.0 Å². The van der Waals surface area contributed by atoms with Crippen molar-refractivity contribution in [3.8, 4) is 5.69 Å². The fourth-order valence-corrected chi connectivity index (χ4v) is 4.00. The third kappa shape index (κ3) is 5.00. The quantitative estimate of drug-likeness (QED) is 0.381. The molecule has 10 nitrogen and oxygen atoms in total. The molecule has 0 spiro atoms. The van der Waals surface area contributed by atoms with Gasteiger partial charge in [-0.3, -0.25) is 15.0 Å². The first kappa shape index (κ1) is 22.4. The van der Waals surface area contributed by atoms with E-state index in [0.29, 0.717) is 23.5 Å². The molecule has 1 aliphatic heterocycles. The molecular weight excluding hydrogens is 449 g/mol. The monoisotopic (exact) mass is 469 g/mol. The maximum atomic E-state index is 13.5. The van der Waals surface area contributed by atoms with Gasteiger partial charge in [-0.05, 0) is 54.0 Å². The summed E-state index contributed by atoms with van der Waals surface area (Å²) >= 11 is 0.978. The lowest BCUT2D eigenvalue weighted by Gasteiger charge is -2.21. The van der Waals surface area contributed by atoms with Crippen LogP contribution >= 0.6 is 11.8 Å². The highest BCUT2D eigenvalue weighted by Crippen LogP contribution is 2.23. The Labute approximate surface area is 192 Å². The number of imide groups is 1. The Morgan fingerprint density at radius 3 is 2.73 bits per heavy atom. The lowest BCUT2D eigenvalue weighted by Crippen LogP contribution is -2.49. The van der Waals surface area contributed by atoms with Gasteiger partial charge in [0, 0.05) is 0 Å². The number of tetrazole rings is 1. The van der Waals surface area contributed by atoms with Gasteiger partial charge in [0.15, 0.2) is 0 Å². The van der Waals surface area contributed by atoms with Crippen molar-refractivity contribution in [3.05, 3.63) is 66.0 Å². The van der Waals surface area contributed by atoms with Gasteiger partial charge in [-0.25, -0.2) is 9.18 Å². The Bertz CT molecular complexity index is 1190. The highest BCUT2D eigenvalue weighted by Gasteiger charge is 2.48. The Hall–Kier alpha value is -3.80. The van der Waals surface area contributed by atoms with Crippen LogP contribution in [0, 0.1) is 5.82 Å². The van der Waals surface area contributed by atoms with Gasteiger partial charge in [0.1, 0.15) is 11.4 Å². The number of carbonyl (C=O) groups excluding carboxylic acids is 3. The predicted octanol–water partition coefficient (Wildman–Crippen LogP) is 1.87. The molecular formula is C21H20FN7O3S. The number of hydrogen-bond acceptors (Lipinski definition) is 7. The molecule has 1 unspecified atom stereocenters. The molecule has 2 aromatic carbocycles. The number of urea groups is 1. The number of benzene rings is 2. The van der Waals surface area contributed by atoms with Crippen molar-refractivity contribution in [1.29, 1.82) is 0 Å². The Morgan fingerprint density at radius 1 is 1.18 bits per heavy atom. The van der Waals surface area contributed by atoms with E-state index in [4.69, 9.17) is 0 Å². The summed E-state index contributed by atoms with van der Waals surface area (Å²) in [4.78, 5) is 37.6. The van der Waals surface area contributed by atoms with E-state index in [1.54, 1.807) is 13.0 Å². The zero-order chi connectivity index (χ0) is 23.4. The van der Waals surface area contributed by atoms with Crippen LogP contribution in [0.4, 0.5) is 9.18 Å². The summed E-state index contributed by atoms with van der Waals surface area (Å²) in [5.41, 5.74) is 2.64. The third-order valence-corrected chi connectivity index (χ3v) is 6.00. The van der Waals surface area contributed by atoms with Crippen molar-refractivity contribution in [2.24, 2.45) is 0 Å². The van der Waals surface area contributed by atoms with E-state index < -0.39 is 29.2 Å². The van der Waals surface area contributed by atoms with Crippen LogP contribution in [0.2, 0.25) is 0 Å². The summed E-state index contributed by atoms with van der Waals surface area (Å²) in [5, 5.41) is 14.8. The largest absolute Gasteiger partial charge is 0.344 e. The number of carbonyl (C=O) groups is 3. The molecule has 12 heteroatoms. The van der Waals surface area contributed by atoms with Gasteiger partial charge in [0.2, 0.25) is 11.1 Å². The lowest BCUT2D eigenvalue weighted by molar-refractivity contribution is -0.138. The van der Waals surface area contributed by atoms with Gasteiger partial charge in [0.05, 0.1) is 11.4 Å². The molecule has 0 radical (unpaired) electrons. The van der Waals surface area contributed by atoms with E-state index in [1.807, 2.05) is 30.3 Å². The smallest absolute Gasteiger partial charge is 0.322 e. The molecule has 0 saturated carbocycles. The summed E-state index contributed by atoms with van der Waals surface area (Å²) in [7, 11) is 0. The van der Waals surface area contributed by atoms with Crippen molar-refractivity contribution in [2.45, 2.75) is 30.5 Å². The first-order valence-corrected chi connectivity index (χ1v) is 11.0. The molecule has 1 atom stereocenters. The average Bonchev–Trinajstić information content (AvgIpc) is 3.36. The minimum Gasteiger partial charge on any atom is -0.322 e. The van der Waals surface area contributed by atoms with Gasteiger partial charge >= 0.3 is 6.03 Å². The molecule has 4 amide bonds. The highest BCUT2D eigenvalue weighted by molar-refractivity contribution is 7.99. The molecule has 1 saturated heterocycles. The van der Waals surface area contributed by atoms with Gasteiger partial charge in [-0.2, -0.15) is 9.69 Å². The summed E-state index contributed by atoms with van der Waals surface area (Å²) in [6.45, 7) is 1.63. The molecule has 4 rings (SSSR count). The second kappa shape index (κ2) is 9.36. The second-order valence-electron chi connectivity index (χ2n) is 7.57. The molecule has 1 fully saturated rings. The Morgan fingerprint density at radius 2 is 1.97 bits per heavy atom. The molecule has 170 valence electrons. The Kier molecular flexibility index (Phi) is 6.36. The van der Waals surface area contributed by atoms with Gasteiger partial charge in [0.25, 0.3) is 5.91 Å². The fraction of sp³-hybridized carbons (Fsp3) is 0.238. The van der Waals surface area contributed by atoms with Crippen LogP contribution in [0.5, 0.6) is 0 Å². The minimum absolute atomic E-state index is 0.173. The van der Waals surface area contributed by atoms with Crippen LogP contribution < -0.4 is 10.7 Å². The van der Waals surface area contributed by atoms with E-state index >= 15 is 0 Å². The number of amides is 4. The topological polar surface area (TPSA) is 122 Å². The van der Waals surface area contributed by atoms with Gasteiger partial charge < -0.3 is 5.32 Å². The van der Waals surface area contributed by atoms with E-state index in [0.717, 1.165) is 17.3 Å². The number of nitrogens with one attached hydrogen (secondary N) is 2. The number of hydrogen-bond donors (Lipinski definition) is 2. The first-order chi connectivity index (χ1) is 15.9. The molecule has 0 aliphatic carbocycles. The van der Waals surface area contributed by atoms with Crippen LogP contribution in [0.3, 0.4) is 0 Å². The summed E-state index contributed by atoms with van der Waals surface area (Å²) < 4.78 is 14.8. The minimum atomic E-state index is -1.13. The zero-order valence-electron chi connectivity index (χ0n) is 17.6. The number of hydrazine groups is 1. The van der Waals surface area contributed by atoms with Crippen LogP contribution in [0.15, 0.2) is 59.8 Å². The second-order valence-corrected chi connectivity index (χ2v) is 8.51. The van der Waals surface area contributed by atoms with E-state index in [-0.39, 0.29) is 10.9 Å². The number of nitrogens with zero attached hydrogens (tertiary/aromatic N) is 5. The maximum Gasteiger partial charge on any atom is 0.344 e. The van der Waals surface area contributed by atoms with Crippen LogP contribution in [0.1, 0.15) is 18.9 Å². The number of aryl methyl sites for hydroxylation is 1. The molecule has 2 heterocycles. The normalized spacial score (nSPS) is 17.8. The molecule has 1 aromatic heterocycles. The molecule has 3 aromatic rings. The summed E-state index contributed by atoms with van der Waals surface area (Å²) in [6, 6.07) is 14.6. The number of thioether (sulfide) groups is 1. The van der Waals surface area contributed by atoms with Crippen molar-refractivity contribution < 1.29 is 18.8 Å². The average molecular weight is 470 g/mol. The van der Waals surface area contributed by atoms with Crippen LogP contribution in [-0.4, -0.2) is 54.4 Å². The first-order valence-electron chi connectivity index (χ1n) is 10.0. The van der Waals surface area contributed by atoms with E-state index in [1.165, 1.54) is 22.9 Å².